The molecule has 3 nitrogen and oxygen atoms in total. The summed E-state index contributed by atoms with van der Waals surface area (Å²) in [5, 5.41) is 0. The van der Waals surface area contributed by atoms with Crippen molar-refractivity contribution in [1.82, 2.24) is 9.80 Å². The van der Waals surface area contributed by atoms with E-state index in [4.69, 9.17) is 0 Å². The number of nitrogens with zero attached hydrogens (tertiary/aromatic N) is 3. The molecular weight excluding hydrogens is 306 g/mol. The molecule has 2 aliphatic heterocycles. The second kappa shape index (κ2) is 7.19. The van der Waals surface area contributed by atoms with Gasteiger partial charge in [0.2, 0.25) is 0 Å². The van der Waals surface area contributed by atoms with Crippen molar-refractivity contribution >= 4 is 5.69 Å². The highest BCUT2D eigenvalue weighted by Crippen LogP contribution is 2.35. The van der Waals surface area contributed by atoms with Gasteiger partial charge in [-0.3, -0.25) is 0 Å². The molecule has 1 saturated heterocycles. The molecule has 1 fully saturated rings. The smallest absolute Gasteiger partial charge is 0.0370 e. The maximum Gasteiger partial charge on any atom is 0.0370 e. The minimum absolute atomic E-state index is 0.516. The lowest BCUT2D eigenvalue weighted by Crippen LogP contribution is -2.44. The van der Waals surface area contributed by atoms with Crippen LogP contribution >= 0.6 is 0 Å². The molecule has 0 aromatic heterocycles. The molecule has 1 unspecified atom stereocenters. The van der Waals surface area contributed by atoms with Crippen LogP contribution in [0.5, 0.6) is 0 Å². The van der Waals surface area contributed by atoms with Gasteiger partial charge in [0.15, 0.2) is 0 Å². The monoisotopic (exact) mass is 335 g/mol. The van der Waals surface area contributed by atoms with Crippen molar-refractivity contribution in [1.29, 1.82) is 0 Å². The van der Waals surface area contributed by atoms with Crippen LogP contribution in [-0.2, 0) is 6.54 Å². The van der Waals surface area contributed by atoms with Gasteiger partial charge in [-0.05, 0) is 55.9 Å². The molecule has 3 heteroatoms. The van der Waals surface area contributed by atoms with Gasteiger partial charge in [-0.25, -0.2) is 0 Å². The molecule has 4 rings (SSSR count). The molecule has 0 amide bonds. The van der Waals surface area contributed by atoms with Crippen LogP contribution in [0.1, 0.15) is 29.0 Å². The van der Waals surface area contributed by atoms with Crippen molar-refractivity contribution in [2.24, 2.45) is 0 Å². The zero-order valence-corrected chi connectivity index (χ0v) is 15.5. The first-order valence-corrected chi connectivity index (χ1v) is 9.50. The number of benzene rings is 2. The van der Waals surface area contributed by atoms with Gasteiger partial charge in [0.1, 0.15) is 0 Å². The first-order valence-electron chi connectivity index (χ1n) is 9.50. The zero-order valence-electron chi connectivity index (χ0n) is 15.5. The Hall–Kier alpha value is -1.84. The summed E-state index contributed by atoms with van der Waals surface area (Å²) in [6, 6.07) is 18.2. The Labute approximate surface area is 151 Å². The van der Waals surface area contributed by atoms with Gasteiger partial charge in [-0.1, -0.05) is 36.4 Å². The van der Waals surface area contributed by atoms with E-state index in [2.05, 4.69) is 77.3 Å². The summed E-state index contributed by atoms with van der Waals surface area (Å²) >= 11 is 0. The van der Waals surface area contributed by atoms with Crippen LogP contribution in [0.2, 0.25) is 0 Å². The third-order valence-corrected chi connectivity index (χ3v) is 5.81. The van der Waals surface area contributed by atoms with E-state index in [1.807, 2.05) is 0 Å². The van der Waals surface area contributed by atoms with E-state index in [0.29, 0.717) is 5.92 Å². The van der Waals surface area contributed by atoms with Crippen LogP contribution in [0.4, 0.5) is 5.69 Å². The molecule has 0 bridgehead atoms. The lowest BCUT2D eigenvalue weighted by molar-refractivity contribution is 0.312. The van der Waals surface area contributed by atoms with Crippen molar-refractivity contribution in [2.45, 2.75) is 18.9 Å². The number of likely N-dealkylation sites (N-methyl/N-ethyl adjacent to an activating group) is 1. The Morgan fingerprint density at radius 2 is 1.56 bits per heavy atom. The van der Waals surface area contributed by atoms with E-state index in [1.54, 1.807) is 0 Å². The highest BCUT2D eigenvalue weighted by atomic mass is 15.2. The van der Waals surface area contributed by atoms with E-state index in [-0.39, 0.29) is 0 Å². The minimum Gasteiger partial charge on any atom is -0.369 e. The molecule has 132 valence electrons. The maximum absolute atomic E-state index is 2.54. The molecule has 0 aliphatic carbocycles. The summed E-state index contributed by atoms with van der Waals surface area (Å²) in [7, 11) is 4.47. The molecule has 0 N–H and O–H groups in total. The van der Waals surface area contributed by atoms with E-state index >= 15 is 0 Å². The summed E-state index contributed by atoms with van der Waals surface area (Å²) in [5.74, 6) is 0.516. The van der Waals surface area contributed by atoms with Crippen LogP contribution in [0, 0.1) is 0 Å². The first-order chi connectivity index (χ1) is 12.2. The zero-order chi connectivity index (χ0) is 17.2. The largest absolute Gasteiger partial charge is 0.369 e. The fourth-order valence-electron chi connectivity index (χ4n) is 4.24. The quantitative estimate of drug-likeness (QED) is 0.833. The number of anilines is 1. The Bertz CT molecular complexity index is 704. The normalized spacial score (nSPS) is 22.5. The van der Waals surface area contributed by atoms with Gasteiger partial charge in [-0.2, -0.15) is 0 Å². The summed E-state index contributed by atoms with van der Waals surface area (Å²) in [6.07, 6.45) is 1.20. The summed E-state index contributed by atoms with van der Waals surface area (Å²) in [5.41, 5.74) is 5.87. The van der Waals surface area contributed by atoms with Crippen molar-refractivity contribution in [3.8, 4) is 0 Å². The molecule has 1 atom stereocenters. The molecule has 2 aromatic carbocycles. The number of hydrogen-bond donors (Lipinski definition) is 0. The molecule has 2 aliphatic rings. The van der Waals surface area contributed by atoms with Crippen LogP contribution in [0.15, 0.2) is 48.5 Å². The van der Waals surface area contributed by atoms with Gasteiger partial charge in [0.05, 0.1) is 0 Å². The fourth-order valence-corrected chi connectivity index (χ4v) is 4.24. The van der Waals surface area contributed by atoms with Gasteiger partial charge >= 0.3 is 0 Å². The van der Waals surface area contributed by atoms with E-state index in [1.165, 1.54) is 28.8 Å². The third-order valence-electron chi connectivity index (χ3n) is 5.81. The second-order valence-corrected chi connectivity index (χ2v) is 7.66. The Morgan fingerprint density at radius 3 is 2.32 bits per heavy atom. The lowest BCUT2D eigenvalue weighted by atomic mass is 9.86. The highest BCUT2D eigenvalue weighted by Gasteiger charge is 2.23. The Kier molecular flexibility index (Phi) is 4.78. The highest BCUT2D eigenvalue weighted by molar-refractivity contribution is 5.53. The molecule has 2 heterocycles. The number of rotatable bonds is 2. The number of hydrogen-bond acceptors (Lipinski definition) is 3. The Morgan fingerprint density at radius 1 is 0.800 bits per heavy atom. The molecule has 25 heavy (non-hydrogen) atoms. The molecule has 0 saturated carbocycles. The molecular formula is C22H29N3. The topological polar surface area (TPSA) is 9.72 Å². The van der Waals surface area contributed by atoms with Gasteiger partial charge in [0, 0.05) is 44.3 Å². The number of fused-ring (bicyclic) bond motifs is 1. The second-order valence-electron chi connectivity index (χ2n) is 7.66. The van der Waals surface area contributed by atoms with Gasteiger partial charge in [-0.15, -0.1) is 0 Å². The summed E-state index contributed by atoms with van der Waals surface area (Å²) in [4.78, 5) is 7.43. The van der Waals surface area contributed by atoms with Crippen molar-refractivity contribution < 1.29 is 0 Å². The molecule has 2 aromatic rings. The van der Waals surface area contributed by atoms with E-state index < -0.39 is 0 Å². The van der Waals surface area contributed by atoms with Crippen LogP contribution in [-0.4, -0.2) is 56.6 Å². The van der Waals surface area contributed by atoms with E-state index in [9.17, 15) is 0 Å². The number of piperazine rings is 1. The standard InChI is InChI=1S/C22H29N3/c1-23-12-14-25(15-13-23)20-8-9-21-19(16-20)17-24(2)11-10-22(21)18-6-4-3-5-7-18/h3-9,16,22H,10-15,17H2,1-2H3. The average Bonchev–Trinajstić information content (AvgIpc) is 2.80. The minimum atomic E-state index is 0.516. The lowest BCUT2D eigenvalue weighted by Gasteiger charge is -2.34. The summed E-state index contributed by atoms with van der Waals surface area (Å²) in [6.45, 7) is 6.78. The van der Waals surface area contributed by atoms with Crippen LogP contribution in [0.3, 0.4) is 0 Å². The molecule has 0 spiro atoms. The predicted molar refractivity (Wildman–Crippen MR) is 105 cm³/mol. The molecule has 0 radical (unpaired) electrons. The first kappa shape index (κ1) is 16.6. The van der Waals surface area contributed by atoms with Gasteiger partial charge < -0.3 is 14.7 Å². The van der Waals surface area contributed by atoms with Crippen molar-refractivity contribution in [3.05, 3.63) is 65.2 Å². The average molecular weight is 335 g/mol. The predicted octanol–water partition coefficient (Wildman–Crippen LogP) is 3.41. The van der Waals surface area contributed by atoms with Crippen LogP contribution in [0.25, 0.3) is 0 Å². The van der Waals surface area contributed by atoms with Gasteiger partial charge in [0.25, 0.3) is 0 Å². The maximum atomic E-state index is 2.54. The van der Waals surface area contributed by atoms with Crippen molar-refractivity contribution in [3.63, 3.8) is 0 Å². The third kappa shape index (κ3) is 3.58. The SMILES string of the molecule is CN1CCN(c2ccc3c(c2)CN(C)CCC3c2ccccc2)CC1. The van der Waals surface area contributed by atoms with Crippen molar-refractivity contribution in [2.75, 3.05) is 51.7 Å². The van der Waals surface area contributed by atoms with Crippen LogP contribution < -0.4 is 4.90 Å². The van der Waals surface area contributed by atoms with E-state index in [0.717, 1.165) is 39.3 Å². The Balaban J connectivity index is 1.67. The fraction of sp³-hybridized carbons (Fsp3) is 0.455. The summed E-state index contributed by atoms with van der Waals surface area (Å²) < 4.78 is 0.